The fraction of sp³-hybridized carbons (Fsp3) is 0.188. The molecule has 2 aromatic heterocycles. The predicted octanol–water partition coefficient (Wildman–Crippen LogP) is 3.47. The molecular weight excluding hydrogens is 348 g/mol. The minimum Gasteiger partial charge on any atom is -0.497 e. The van der Waals surface area contributed by atoms with E-state index in [1.165, 1.54) is 22.7 Å². The smallest absolute Gasteiger partial charge is 0.348 e. The second-order valence-electron chi connectivity index (χ2n) is 4.89. The number of anilines is 1. The van der Waals surface area contributed by atoms with E-state index in [-0.39, 0.29) is 6.61 Å². The first-order valence-corrected chi connectivity index (χ1v) is 8.66. The second-order valence-corrected chi connectivity index (χ2v) is 7.21. The number of aryl methyl sites for hydroxylation is 1. The van der Waals surface area contributed by atoms with Gasteiger partial charge in [0, 0.05) is 4.88 Å². The third kappa shape index (κ3) is 3.72. The maximum atomic E-state index is 11.9. The van der Waals surface area contributed by atoms with Gasteiger partial charge in [0.05, 0.1) is 17.3 Å². The van der Waals surface area contributed by atoms with Crippen LogP contribution in [0.25, 0.3) is 10.2 Å². The number of fused-ring (bicyclic) bond motifs is 1. The molecule has 0 bridgehead atoms. The lowest BCUT2D eigenvalue weighted by Crippen LogP contribution is -2.20. The Balaban J connectivity index is 1.59. The van der Waals surface area contributed by atoms with Gasteiger partial charge in [0.15, 0.2) is 11.7 Å². The summed E-state index contributed by atoms with van der Waals surface area (Å²) in [5.74, 6) is -0.205. The number of aromatic nitrogens is 1. The molecule has 24 heavy (non-hydrogen) atoms. The Kier molecular flexibility index (Phi) is 4.77. The summed E-state index contributed by atoms with van der Waals surface area (Å²) in [6, 6.07) is 8.98. The fourth-order valence-electron chi connectivity index (χ4n) is 1.99. The van der Waals surface area contributed by atoms with Crippen molar-refractivity contribution in [3.63, 3.8) is 0 Å². The molecular formula is C16H14N2O4S2. The lowest BCUT2D eigenvalue weighted by Gasteiger charge is -2.02. The molecule has 2 heterocycles. The van der Waals surface area contributed by atoms with Crippen LogP contribution in [0.3, 0.4) is 0 Å². The second kappa shape index (κ2) is 6.98. The van der Waals surface area contributed by atoms with Crippen LogP contribution in [-0.4, -0.2) is 30.6 Å². The van der Waals surface area contributed by atoms with E-state index in [0.29, 0.717) is 10.0 Å². The van der Waals surface area contributed by atoms with Gasteiger partial charge in [-0.2, -0.15) is 0 Å². The van der Waals surface area contributed by atoms with E-state index in [4.69, 9.17) is 9.47 Å². The van der Waals surface area contributed by atoms with Crippen molar-refractivity contribution < 1.29 is 19.1 Å². The molecule has 6 nitrogen and oxygen atoms in total. The Morgan fingerprint density at radius 3 is 2.75 bits per heavy atom. The first-order valence-electron chi connectivity index (χ1n) is 7.03. The summed E-state index contributed by atoms with van der Waals surface area (Å²) < 4.78 is 11.1. The lowest BCUT2D eigenvalue weighted by molar-refractivity contribution is -0.119. The van der Waals surface area contributed by atoms with Crippen LogP contribution < -0.4 is 10.1 Å². The summed E-state index contributed by atoms with van der Waals surface area (Å²) in [6.07, 6.45) is 0. The van der Waals surface area contributed by atoms with E-state index in [2.05, 4.69) is 10.3 Å². The van der Waals surface area contributed by atoms with Gasteiger partial charge in [0.2, 0.25) is 0 Å². The van der Waals surface area contributed by atoms with Gasteiger partial charge in [-0.05, 0) is 37.3 Å². The van der Waals surface area contributed by atoms with E-state index in [9.17, 15) is 9.59 Å². The lowest BCUT2D eigenvalue weighted by atomic mass is 10.3. The molecule has 0 aliphatic rings. The third-order valence-corrected chi connectivity index (χ3v) is 5.03. The van der Waals surface area contributed by atoms with Gasteiger partial charge < -0.3 is 9.47 Å². The van der Waals surface area contributed by atoms with Crippen molar-refractivity contribution in [3.05, 3.63) is 40.1 Å². The molecule has 0 saturated carbocycles. The van der Waals surface area contributed by atoms with E-state index >= 15 is 0 Å². The number of benzene rings is 1. The number of hydrogen-bond donors (Lipinski definition) is 1. The number of esters is 1. The number of nitrogens with zero attached hydrogens (tertiary/aromatic N) is 1. The van der Waals surface area contributed by atoms with Crippen LogP contribution in [-0.2, 0) is 9.53 Å². The monoisotopic (exact) mass is 362 g/mol. The van der Waals surface area contributed by atoms with Crippen LogP contribution in [0.2, 0.25) is 0 Å². The number of carbonyl (C=O) groups is 2. The summed E-state index contributed by atoms with van der Waals surface area (Å²) in [5, 5.41) is 3.08. The molecule has 0 spiro atoms. The quantitative estimate of drug-likeness (QED) is 0.703. The van der Waals surface area contributed by atoms with E-state index in [0.717, 1.165) is 20.8 Å². The van der Waals surface area contributed by atoms with Gasteiger partial charge in [-0.15, -0.1) is 11.3 Å². The summed E-state index contributed by atoms with van der Waals surface area (Å²) in [4.78, 5) is 29.5. The highest BCUT2D eigenvalue weighted by molar-refractivity contribution is 7.22. The Bertz CT molecular complexity index is 901. The number of methoxy groups -OCH3 is 1. The summed E-state index contributed by atoms with van der Waals surface area (Å²) in [7, 11) is 1.59. The van der Waals surface area contributed by atoms with E-state index < -0.39 is 11.9 Å². The van der Waals surface area contributed by atoms with Gasteiger partial charge in [-0.3, -0.25) is 10.1 Å². The fourth-order valence-corrected chi connectivity index (χ4v) is 3.66. The molecule has 0 aliphatic carbocycles. The molecule has 0 unspecified atom stereocenters. The molecule has 0 radical (unpaired) electrons. The number of thiophene rings is 1. The van der Waals surface area contributed by atoms with Gasteiger partial charge in [-0.1, -0.05) is 11.3 Å². The number of nitrogens with one attached hydrogen (secondary N) is 1. The maximum Gasteiger partial charge on any atom is 0.348 e. The van der Waals surface area contributed by atoms with Crippen molar-refractivity contribution in [2.24, 2.45) is 0 Å². The molecule has 3 rings (SSSR count). The zero-order valence-corrected chi connectivity index (χ0v) is 14.6. The molecule has 0 fully saturated rings. The minimum atomic E-state index is -0.503. The Morgan fingerprint density at radius 2 is 2.04 bits per heavy atom. The number of thiazole rings is 1. The normalized spacial score (nSPS) is 10.6. The predicted molar refractivity (Wildman–Crippen MR) is 94.1 cm³/mol. The molecule has 0 aliphatic heterocycles. The zero-order chi connectivity index (χ0) is 17.1. The van der Waals surface area contributed by atoms with Crippen LogP contribution >= 0.6 is 22.7 Å². The Hall–Kier alpha value is -2.45. The number of carbonyl (C=O) groups excluding carboxylic acids is 2. The van der Waals surface area contributed by atoms with Gasteiger partial charge in [0.1, 0.15) is 10.6 Å². The van der Waals surface area contributed by atoms with Crippen molar-refractivity contribution in [3.8, 4) is 5.75 Å². The van der Waals surface area contributed by atoms with Crippen LogP contribution in [0.1, 0.15) is 14.5 Å². The third-order valence-electron chi connectivity index (χ3n) is 3.12. The summed E-state index contributed by atoms with van der Waals surface area (Å²) in [5.41, 5.74) is 0.766. The highest BCUT2D eigenvalue weighted by Gasteiger charge is 2.13. The number of hydrogen-bond acceptors (Lipinski definition) is 7. The average molecular weight is 362 g/mol. The summed E-state index contributed by atoms with van der Waals surface area (Å²) in [6.45, 7) is 1.55. The van der Waals surface area contributed by atoms with Gasteiger partial charge >= 0.3 is 5.97 Å². The first-order chi connectivity index (χ1) is 11.5. The van der Waals surface area contributed by atoms with Crippen LogP contribution in [0.5, 0.6) is 5.75 Å². The van der Waals surface area contributed by atoms with Crippen molar-refractivity contribution in [2.45, 2.75) is 6.92 Å². The van der Waals surface area contributed by atoms with Crippen LogP contribution in [0.4, 0.5) is 5.13 Å². The molecule has 1 N–H and O–H groups in total. The molecule has 0 atom stereocenters. The van der Waals surface area contributed by atoms with Crippen molar-refractivity contribution in [1.29, 1.82) is 0 Å². The summed E-state index contributed by atoms with van der Waals surface area (Å²) >= 11 is 2.66. The largest absolute Gasteiger partial charge is 0.497 e. The molecule has 1 aromatic carbocycles. The standard InChI is InChI=1S/C16H14N2O4S2/c1-9-3-6-12(23-9)15(20)22-8-14(19)18-16-17-11-5-4-10(21-2)7-13(11)24-16/h3-7H,8H2,1-2H3,(H,17,18,19). The number of ether oxygens (including phenoxy) is 2. The SMILES string of the molecule is COc1ccc2nc(NC(=O)COC(=O)c3ccc(C)s3)sc2c1. The Morgan fingerprint density at radius 1 is 1.21 bits per heavy atom. The first kappa shape index (κ1) is 16.4. The van der Waals surface area contributed by atoms with Crippen molar-refractivity contribution >= 4 is 49.9 Å². The van der Waals surface area contributed by atoms with Crippen LogP contribution in [0, 0.1) is 6.92 Å². The average Bonchev–Trinajstić information content (AvgIpc) is 3.17. The van der Waals surface area contributed by atoms with Gasteiger partial charge in [-0.25, -0.2) is 9.78 Å². The number of rotatable bonds is 5. The van der Waals surface area contributed by atoms with E-state index in [1.807, 2.05) is 25.1 Å². The van der Waals surface area contributed by atoms with E-state index in [1.54, 1.807) is 19.2 Å². The molecule has 8 heteroatoms. The molecule has 124 valence electrons. The van der Waals surface area contributed by atoms with Crippen LogP contribution in [0.15, 0.2) is 30.3 Å². The molecule has 1 amide bonds. The van der Waals surface area contributed by atoms with Gasteiger partial charge in [0.25, 0.3) is 5.91 Å². The topological polar surface area (TPSA) is 77.5 Å². The zero-order valence-electron chi connectivity index (χ0n) is 13.0. The van der Waals surface area contributed by atoms with Crippen molar-refractivity contribution in [2.75, 3.05) is 19.0 Å². The molecule has 0 saturated heterocycles. The maximum absolute atomic E-state index is 11.9. The highest BCUT2D eigenvalue weighted by Crippen LogP contribution is 2.29. The van der Waals surface area contributed by atoms with Crippen molar-refractivity contribution in [1.82, 2.24) is 4.98 Å². The Labute approximate surface area is 146 Å². The highest BCUT2D eigenvalue weighted by atomic mass is 32.1. The molecule has 3 aromatic rings. The minimum absolute atomic E-state index is 0.352. The number of amides is 1.